The summed E-state index contributed by atoms with van der Waals surface area (Å²) in [6.07, 6.45) is 1.15. The fourth-order valence-electron chi connectivity index (χ4n) is 4.59. The van der Waals surface area contributed by atoms with Gasteiger partial charge in [-0.2, -0.15) is 0 Å². The summed E-state index contributed by atoms with van der Waals surface area (Å²) in [7, 11) is 1.57. The Labute approximate surface area is 228 Å². The number of nitrogens with one attached hydrogen (secondary N) is 2. The van der Waals surface area contributed by atoms with Gasteiger partial charge >= 0.3 is 0 Å². The molecule has 2 heterocycles. The second kappa shape index (κ2) is 8.93. The third kappa shape index (κ3) is 4.70. The lowest BCUT2D eigenvalue weighted by Gasteiger charge is -2.21. The number of amides is 1. The molecule has 4 aromatic rings. The standard InChI is InChI=1S/C29H28ClF2N3O4/c1-15-7-6-8-20(30)24(15)39-22-10-9-16(27(2,3)38)11-17(22)19-13-35(5)26(37)23-18(19)12-21(33-23)25(36)34-28(4)14-29(28,31)32/h6-13,33,38H,14H2,1-5H3,(H,34,36). The maximum absolute atomic E-state index is 13.8. The lowest BCUT2D eigenvalue weighted by Crippen LogP contribution is -2.39. The van der Waals surface area contributed by atoms with E-state index in [9.17, 15) is 23.5 Å². The van der Waals surface area contributed by atoms with Gasteiger partial charge < -0.3 is 24.7 Å². The Morgan fingerprint density at radius 1 is 1.21 bits per heavy atom. The van der Waals surface area contributed by atoms with E-state index in [1.165, 1.54) is 17.6 Å². The number of pyridine rings is 1. The molecule has 2 aromatic carbocycles. The summed E-state index contributed by atoms with van der Waals surface area (Å²) >= 11 is 6.43. The number of hydrogen-bond donors (Lipinski definition) is 3. The van der Waals surface area contributed by atoms with Crippen molar-refractivity contribution in [2.24, 2.45) is 7.05 Å². The highest BCUT2D eigenvalue weighted by Crippen LogP contribution is 2.52. The third-order valence-corrected chi connectivity index (χ3v) is 7.51. The predicted molar refractivity (Wildman–Crippen MR) is 146 cm³/mol. The van der Waals surface area contributed by atoms with Crippen molar-refractivity contribution >= 4 is 28.4 Å². The number of aliphatic hydroxyl groups is 1. The number of fused-ring (bicyclic) bond motifs is 1. The average molecular weight is 556 g/mol. The molecule has 0 saturated heterocycles. The van der Waals surface area contributed by atoms with Gasteiger partial charge in [-0.1, -0.05) is 29.8 Å². The molecule has 3 N–H and O–H groups in total. The molecule has 39 heavy (non-hydrogen) atoms. The molecule has 1 unspecified atom stereocenters. The molecular formula is C29H28ClF2N3O4. The zero-order chi connectivity index (χ0) is 28.5. The van der Waals surface area contributed by atoms with Crippen LogP contribution in [0.2, 0.25) is 5.02 Å². The monoisotopic (exact) mass is 555 g/mol. The molecule has 1 aliphatic rings. The summed E-state index contributed by atoms with van der Waals surface area (Å²) in [6.45, 7) is 6.43. The molecule has 0 bridgehead atoms. The third-order valence-electron chi connectivity index (χ3n) is 7.21. The number of rotatable bonds is 6. The van der Waals surface area contributed by atoms with Gasteiger partial charge in [0.15, 0.2) is 0 Å². The summed E-state index contributed by atoms with van der Waals surface area (Å²) in [6, 6.07) is 12.0. The van der Waals surface area contributed by atoms with E-state index in [1.807, 2.05) is 19.1 Å². The maximum Gasteiger partial charge on any atom is 0.274 e. The number of alkyl halides is 2. The number of ether oxygens (including phenoxy) is 1. The normalized spacial score (nSPS) is 18.3. The number of para-hydroxylation sites is 1. The smallest absolute Gasteiger partial charge is 0.274 e. The van der Waals surface area contributed by atoms with Crippen molar-refractivity contribution in [3.8, 4) is 22.6 Å². The van der Waals surface area contributed by atoms with Crippen LogP contribution in [0.5, 0.6) is 11.5 Å². The first-order valence-electron chi connectivity index (χ1n) is 12.3. The van der Waals surface area contributed by atoms with Crippen LogP contribution in [-0.2, 0) is 12.6 Å². The molecule has 1 fully saturated rings. The van der Waals surface area contributed by atoms with E-state index in [0.717, 1.165) is 5.56 Å². The molecule has 2 aromatic heterocycles. The second-order valence-electron chi connectivity index (χ2n) is 10.9. The average Bonchev–Trinajstić information content (AvgIpc) is 3.16. The molecule has 1 saturated carbocycles. The van der Waals surface area contributed by atoms with Crippen LogP contribution in [0.4, 0.5) is 8.78 Å². The molecule has 0 radical (unpaired) electrons. The van der Waals surface area contributed by atoms with Gasteiger partial charge in [0.05, 0.1) is 10.6 Å². The van der Waals surface area contributed by atoms with Gasteiger partial charge in [0.25, 0.3) is 17.4 Å². The maximum atomic E-state index is 13.8. The highest BCUT2D eigenvalue weighted by molar-refractivity contribution is 6.32. The summed E-state index contributed by atoms with van der Waals surface area (Å²) in [5.74, 6) is -2.88. The molecule has 0 aliphatic heterocycles. The predicted octanol–water partition coefficient (Wildman–Crippen LogP) is 6.04. The van der Waals surface area contributed by atoms with E-state index in [4.69, 9.17) is 16.3 Å². The van der Waals surface area contributed by atoms with Crippen molar-refractivity contribution in [3.05, 3.63) is 80.9 Å². The molecule has 1 atom stereocenters. The van der Waals surface area contributed by atoms with E-state index < -0.39 is 34.9 Å². The minimum Gasteiger partial charge on any atom is -0.455 e. The number of carbonyl (C=O) groups excluding carboxylic acids is 1. The van der Waals surface area contributed by atoms with E-state index in [2.05, 4.69) is 10.3 Å². The fourth-order valence-corrected chi connectivity index (χ4v) is 4.85. The van der Waals surface area contributed by atoms with Gasteiger partial charge in [-0.15, -0.1) is 0 Å². The summed E-state index contributed by atoms with van der Waals surface area (Å²) in [4.78, 5) is 28.8. The van der Waals surface area contributed by atoms with Crippen LogP contribution in [0.3, 0.4) is 0 Å². The van der Waals surface area contributed by atoms with Crippen LogP contribution >= 0.6 is 11.6 Å². The van der Waals surface area contributed by atoms with Crippen molar-refractivity contribution in [2.45, 2.75) is 51.2 Å². The van der Waals surface area contributed by atoms with Crippen LogP contribution in [0.25, 0.3) is 22.0 Å². The van der Waals surface area contributed by atoms with Gasteiger partial charge in [-0.3, -0.25) is 9.59 Å². The van der Waals surface area contributed by atoms with Crippen LogP contribution in [0.15, 0.2) is 53.5 Å². The first-order valence-corrected chi connectivity index (χ1v) is 12.7. The van der Waals surface area contributed by atoms with E-state index in [-0.39, 0.29) is 11.2 Å². The van der Waals surface area contributed by atoms with Gasteiger partial charge in [0.2, 0.25) is 0 Å². The van der Waals surface area contributed by atoms with E-state index in [1.54, 1.807) is 51.4 Å². The number of aromatic nitrogens is 2. The van der Waals surface area contributed by atoms with E-state index in [0.29, 0.717) is 38.6 Å². The zero-order valence-corrected chi connectivity index (χ0v) is 22.8. The van der Waals surface area contributed by atoms with Gasteiger partial charge in [0, 0.05) is 36.2 Å². The Morgan fingerprint density at radius 2 is 1.90 bits per heavy atom. The Balaban J connectivity index is 1.69. The SMILES string of the molecule is Cc1cccc(Cl)c1Oc1ccc(C(C)(C)O)cc1-c1cn(C)c(=O)c2[nH]c(C(=O)NC3(C)CC3(F)F)cc12. The fraction of sp³-hybridized carbons (Fsp3) is 0.310. The number of aryl methyl sites for hydroxylation is 2. The summed E-state index contributed by atoms with van der Waals surface area (Å²) in [5, 5.41) is 13.9. The topological polar surface area (TPSA) is 96.3 Å². The van der Waals surface area contributed by atoms with Crippen LogP contribution in [-0.4, -0.2) is 32.0 Å². The second-order valence-corrected chi connectivity index (χ2v) is 11.3. The Morgan fingerprint density at radius 3 is 2.51 bits per heavy atom. The number of carbonyl (C=O) groups is 1. The molecule has 5 rings (SSSR count). The number of nitrogens with zero attached hydrogens (tertiary/aromatic N) is 1. The molecule has 1 aliphatic carbocycles. The lowest BCUT2D eigenvalue weighted by molar-refractivity contribution is 0.0709. The van der Waals surface area contributed by atoms with Crippen LogP contribution in [0.1, 0.15) is 48.8 Å². The zero-order valence-electron chi connectivity index (χ0n) is 22.1. The van der Waals surface area contributed by atoms with Crippen molar-refractivity contribution in [2.75, 3.05) is 0 Å². The molecule has 7 nitrogen and oxygen atoms in total. The highest BCUT2D eigenvalue weighted by Gasteiger charge is 2.69. The molecule has 0 spiro atoms. The van der Waals surface area contributed by atoms with Crippen molar-refractivity contribution in [1.29, 1.82) is 0 Å². The highest BCUT2D eigenvalue weighted by atomic mass is 35.5. The number of benzene rings is 2. The number of halogens is 3. The molecular weight excluding hydrogens is 528 g/mol. The molecule has 204 valence electrons. The minimum atomic E-state index is -2.99. The van der Waals surface area contributed by atoms with Crippen LogP contribution in [0, 0.1) is 6.92 Å². The number of hydrogen-bond acceptors (Lipinski definition) is 4. The summed E-state index contributed by atoms with van der Waals surface area (Å²) < 4.78 is 35.2. The van der Waals surface area contributed by atoms with E-state index >= 15 is 0 Å². The Kier molecular flexibility index (Phi) is 6.16. The lowest BCUT2D eigenvalue weighted by atomic mass is 9.93. The Hall–Kier alpha value is -3.69. The van der Waals surface area contributed by atoms with Gasteiger partial charge in [-0.25, -0.2) is 8.78 Å². The largest absolute Gasteiger partial charge is 0.455 e. The first-order chi connectivity index (χ1) is 18.1. The first kappa shape index (κ1) is 26.9. The summed E-state index contributed by atoms with van der Waals surface area (Å²) in [5.41, 5.74) is -0.693. The quantitative estimate of drug-likeness (QED) is 0.270. The molecule has 10 heteroatoms. The van der Waals surface area contributed by atoms with Crippen molar-refractivity contribution in [3.63, 3.8) is 0 Å². The van der Waals surface area contributed by atoms with Crippen LogP contribution < -0.4 is 15.6 Å². The number of aromatic amines is 1. The Bertz CT molecular complexity index is 1680. The van der Waals surface area contributed by atoms with Crippen molar-refractivity contribution < 1.29 is 23.4 Å². The minimum absolute atomic E-state index is 0.0264. The molecule has 1 amide bonds. The number of H-pyrrole nitrogens is 1. The van der Waals surface area contributed by atoms with Gasteiger partial charge in [0.1, 0.15) is 28.2 Å². The van der Waals surface area contributed by atoms with Crippen molar-refractivity contribution in [1.82, 2.24) is 14.9 Å². The van der Waals surface area contributed by atoms with Gasteiger partial charge in [-0.05, 0) is 63.1 Å².